The molecule has 6 nitrogen and oxygen atoms in total. The maximum absolute atomic E-state index is 12.8. The van der Waals surface area contributed by atoms with Crippen LogP contribution in [0.1, 0.15) is 19.3 Å². The van der Waals surface area contributed by atoms with E-state index in [9.17, 15) is 9.59 Å². The van der Waals surface area contributed by atoms with Gasteiger partial charge in [-0.3, -0.25) is 14.5 Å². The van der Waals surface area contributed by atoms with Crippen LogP contribution in [0.15, 0.2) is 30.3 Å². The third-order valence-electron chi connectivity index (χ3n) is 4.95. The van der Waals surface area contributed by atoms with Crippen LogP contribution in [0.5, 0.6) is 0 Å². The largest absolute Gasteiger partial charge is 0.340 e. The van der Waals surface area contributed by atoms with Crippen molar-refractivity contribution in [3.63, 3.8) is 0 Å². The summed E-state index contributed by atoms with van der Waals surface area (Å²) in [5, 5.41) is 0. The Bertz CT molecular complexity index is 570. The highest BCUT2D eigenvalue weighted by atomic mass is 16.2. The van der Waals surface area contributed by atoms with E-state index in [1.165, 1.54) is 0 Å². The second kappa shape index (κ2) is 7.77. The lowest BCUT2D eigenvalue weighted by Gasteiger charge is -2.37. The second-order valence-electron chi connectivity index (χ2n) is 6.44. The molecule has 1 aromatic rings. The number of amides is 2. The summed E-state index contributed by atoms with van der Waals surface area (Å²) in [4.78, 5) is 30.8. The van der Waals surface area contributed by atoms with Crippen LogP contribution in [0.3, 0.4) is 0 Å². The molecule has 2 fully saturated rings. The monoisotopic (exact) mass is 330 g/mol. The first-order chi connectivity index (χ1) is 11.7. The Kier molecular flexibility index (Phi) is 5.48. The van der Waals surface area contributed by atoms with Gasteiger partial charge < -0.3 is 15.5 Å². The molecule has 2 N–H and O–H groups in total. The predicted octanol–water partition coefficient (Wildman–Crippen LogP) is 0.675. The van der Waals surface area contributed by atoms with E-state index in [1.807, 2.05) is 40.1 Å². The fourth-order valence-electron chi connectivity index (χ4n) is 3.56. The van der Waals surface area contributed by atoms with Crippen molar-refractivity contribution in [1.82, 2.24) is 9.80 Å². The first kappa shape index (κ1) is 16.9. The molecule has 2 heterocycles. The molecule has 6 heteroatoms. The summed E-state index contributed by atoms with van der Waals surface area (Å²) >= 11 is 0. The summed E-state index contributed by atoms with van der Waals surface area (Å²) in [6.07, 6.45) is 2.13. The molecular weight excluding hydrogens is 304 g/mol. The maximum Gasteiger partial charge on any atom is 0.244 e. The average molecular weight is 330 g/mol. The van der Waals surface area contributed by atoms with Crippen LogP contribution in [0.25, 0.3) is 0 Å². The van der Waals surface area contributed by atoms with Gasteiger partial charge in [0.05, 0.1) is 6.04 Å². The zero-order valence-electron chi connectivity index (χ0n) is 14.1. The van der Waals surface area contributed by atoms with Gasteiger partial charge in [-0.2, -0.15) is 0 Å². The van der Waals surface area contributed by atoms with Crippen molar-refractivity contribution in [3.8, 4) is 0 Å². The predicted molar refractivity (Wildman–Crippen MR) is 93.6 cm³/mol. The lowest BCUT2D eigenvalue weighted by molar-refractivity contribution is -0.133. The number of nitrogens with zero attached hydrogens (tertiary/aromatic N) is 3. The molecular formula is C18H26N4O2. The van der Waals surface area contributed by atoms with Crippen molar-refractivity contribution in [2.75, 3.05) is 44.2 Å². The zero-order chi connectivity index (χ0) is 16.9. The second-order valence-corrected chi connectivity index (χ2v) is 6.44. The highest BCUT2D eigenvalue weighted by Crippen LogP contribution is 2.25. The Morgan fingerprint density at radius 3 is 2.46 bits per heavy atom. The van der Waals surface area contributed by atoms with E-state index in [-0.39, 0.29) is 17.9 Å². The van der Waals surface area contributed by atoms with Crippen LogP contribution in [0.4, 0.5) is 5.69 Å². The molecule has 3 rings (SSSR count). The van der Waals surface area contributed by atoms with Gasteiger partial charge in [0.2, 0.25) is 11.8 Å². The summed E-state index contributed by atoms with van der Waals surface area (Å²) in [6, 6.07) is 9.79. The number of rotatable bonds is 5. The molecule has 2 aliphatic rings. The number of hydrogen-bond donors (Lipinski definition) is 1. The summed E-state index contributed by atoms with van der Waals surface area (Å²) in [5.74, 6) is 0.368. The number of carbonyl (C=O) groups is 2. The van der Waals surface area contributed by atoms with Crippen molar-refractivity contribution >= 4 is 17.5 Å². The first-order valence-corrected chi connectivity index (χ1v) is 8.79. The van der Waals surface area contributed by atoms with E-state index in [0.717, 1.165) is 38.2 Å². The van der Waals surface area contributed by atoms with Crippen LogP contribution in [-0.2, 0) is 9.59 Å². The Morgan fingerprint density at radius 1 is 1.08 bits per heavy atom. The summed E-state index contributed by atoms with van der Waals surface area (Å²) in [6.45, 7) is 4.28. The summed E-state index contributed by atoms with van der Waals surface area (Å²) < 4.78 is 0. The van der Waals surface area contributed by atoms with Gasteiger partial charge in [0.1, 0.15) is 0 Å². The number of benzene rings is 1. The number of piperazine rings is 1. The molecule has 2 saturated heterocycles. The van der Waals surface area contributed by atoms with Crippen LogP contribution >= 0.6 is 0 Å². The molecule has 0 spiro atoms. The van der Waals surface area contributed by atoms with E-state index in [4.69, 9.17) is 5.73 Å². The minimum Gasteiger partial charge on any atom is -0.340 e. The van der Waals surface area contributed by atoms with Crippen molar-refractivity contribution in [3.05, 3.63) is 30.3 Å². The molecule has 0 saturated carbocycles. The molecule has 0 radical (unpaired) electrons. The van der Waals surface area contributed by atoms with Crippen LogP contribution < -0.4 is 10.6 Å². The van der Waals surface area contributed by atoms with Crippen LogP contribution in [-0.4, -0.2) is 66.9 Å². The van der Waals surface area contributed by atoms with Gasteiger partial charge in [-0.05, 0) is 31.5 Å². The third-order valence-corrected chi connectivity index (χ3v) is 4.95. The zero-order valence-corrected chi connectivity index (χ0v) is 14.1. The van der Waals surface area contributed by atoms with Gasteiger partial charge in [-0.1, -0.05) is 18.2 Å². The molecule has 2 amide bonds. The standard InChI is InChI=1S/C18H26N4O2/c19-9-4-7-17(23)21-13-11-20(12-14-21)16-8-10-22(18(16)24)15-5-2-1-3-6-15/h1-3,5-6,16H,4,7-14,19H2. The molecule has 1 aromatic carbocycles. The molecule has 130 valence electrons. The topological polar surface area (TPSA) is 69.9 Å². The highest BCUT2D eigenvalue weighted by Gasteiger charge is 2.38. The molecule has 24 heavy (non-hydrogen) atoms. The van der Waals surface area contributed by atoms with Gasteiger partial charge in [0, 0.05) is 44.8 Å². The Balaban J connectivity index is 1.54. The maximum atomic E-state index is 12.8. The highest BCUT2D eigenvalue weighted by molar-refractivity contribution is 5.99. The van der Waals surface area contributed by atoms with Crippen molar-refractivity contribution in [1.29, 1.82) is 0 Å². The van der Waals surface area contributed by atoms with Crippen molar-refractivity contribution in [2.24, 2.45) is 5.73 Å². The molecule has 0 aliphatic carbocycles. The first-order valence-electron chi connectivity index (χ1n) is 8.79. The van der Waals surface area contributed by atoms with E-state index in [1.54, 1.807) is 0 Å². The fraction of sp³-hybridized carbons (Fsp3) is 0.556. The number of nitrogens with two attached hydrogens (primary N) is 1. The lowest BCUT2D eigenvalue weighted by Crippen LogP contribution is -2.53. The smallest absolute Gasteiger partial charge is 0.244 e. The molecule has 0 aromatic heterocycles. The fourth-order valence-corrected chi connectivity index (χ4v) is 3.56. The molecule has 1 atom stereocenters. The Hall–Kier alpha value is -1.92. The molecule has 0 bridgehead atoms. The van der Waals surface area contributed by atoms with Gasteiger partial charge in [-0.15, -0.1) is 0 Å². The minimum atomic E-state index is -0.0495. The Morgan fingerprint density at radius 2 is 1.79 bits per heavy atom. The number of para-hydroxylation sites is 1. The van der Waals surface area contributed by atoms with Crippen LogP contribution in [0.2, 0.25) is 0 Å². The minimum absolute atomic E-state index is 0.0495. The van der Waals surface area contributed by atoms with E-state index in [2.05, 4.69) is 4.90 Å². The number of hydrogen-bond acceptors (Lipinski definition) is 4. The van der Waals surface area contributed by atoms with Gasteiger partial charge in [0.15, 0.2) is 0 Å². The number of carbonyl (C=O) groups excluding carboxylic acids is 2. The molecule has 1 unspecified atom stereocenters. The van der Waals surface area contributed by atoms with Crippen molar-refractivity contribution < 1.29 is 9.59 Å². The SMILES string of the molecule is NCCCC(=O)N1CCN(C2CCN(c3ccccc3)C2=O)CC1. The Labute approximate surface area is 143 Å². The van der Waals surface area contributed by atoms with Crippen molar-refractivity contribution in [2.45, 2.75) is 25.3 Å². The van der Waals surface area contributed by atoms with Crippen LogP contribution in [0, 0.1) is 0 Å². The molecule has 2 aliphatic heterocycles. The number of anilines is 1. The lowest BCUT2D eigenvalue weighted by atomic mass is 10.1. The summed E-state index contributed by atoms with van der Waals surface area (Å²) in [7, 11) is 0. The van der Waals surface area contributed by atoms with E-state index >= 15 is 0 Å². The van der Waals surface area contributed by atoms with E-state index in [0.29, 0.717) is 26.1 Å². The van der Waals surface area contributed by atoms with Gasteiger partial charge in [-0.25, -0.2) is 0 Å². The third kappa shape index (κ3) is 3.60. The van der Waals surface area contributed by atoms with Gasteiger partial charge >= 0.3 is 0 Å². The average Bonchev–Trinajstić information content (AvgIpc) is 3.02. The quantitative estimate of drug-likeness (QED) is 0.862. The summed E-state index contributed by atoms with van der Waals surface area (Å²) in [5.41, 5.74) is 6.44. The van der Waals surface area contributed by atoms with Gasteiger partial charge in [0.25, 0.3) is 0 Å². The normalized spacial score (nSPS) is 22.2. The van der Waals surface area contributed by atoms with E-state index < -0.39 is 0 Å².